The smallest absolute Gasteiger partial charge is 0.291 e. The van der Waals surface area contributed by atoms with E-state index in [0.29, 0.717) is 35.4 Å². The van der Waals surface area contributed by atoms with Gasteiger partial charge in [0.1, 0.15) is 11.5 Å². The van der Waals surface area contributed by atoms with Gasteiger partial charge in [0, 0.05) is 29.0 Å². The van der Waals surface area contributed by atoms with Crippen molar-refractivity contribution in [2.45, 2.75) is 25.2 Å². The minimum atomic E-state index is -3.29. The normalized spacial score (nSPS) is 11.5. The van der Waals surface area contributed by atoms with Crippen LogP contribution in [0.3, 0.4) is 0 Å². The summed E-state index contributed by atoms with van der Waals surface area (Å²) in [5, 5.41) is 3.29. The van der Waals surface area contributed by atoms with Gasteiger partial charge in [-0.2, -0.15) is 0 Å². The van der Waals surface area contributed by atoms with Gasteiger partial charge in [-0.3, -0.25) is 4.79 Å². The van der Waals surface area contributed by atoms with Crippen molar-refractivity contribution in [3.05, 3.63) is 76.7 Å². The fourth-order valence-electron chi connectivity index (χ4n) is 2.84. The molecule has 1 amide bonds. The Labute approximate surface area is 187 Å². The van der Waals surface area contributed by atoms with E-state index in [9.17, 15) is 13.2 Å². The number of amides is 1. The van der Waals surface area contributed by atoms with E-state index in [1.54, 1.807) is 18.2 Å². The van der Waals surface area contributed by atoms with Crippen molar-refractivity contribution in [3.63, 3.8) is 0 Å². The molecular weight excluding hydrogens is 438 g/mol. The number of benzene rings is 2. The summed E-state index contributed by atoms with van der Waals surface area (Å²) in [6.45, 7) is 4.72. The predicted molar refractivity (Wildman–Crippen MR) is 121 cm³/mol. The first-order valence-electron chi connectivity index (χ1n) is 9.73. The SMILES string of the molecule is CC(C)COc1ccc(Cl)cc1Cc1ccc(C(=O)Nc2ccc(S(C)(=O)=O)cc2)o1. The zero-order valence-electron chi connectivity index (χ0n) is 17.5. The fourth-order valence-corrected chi connectivity index (χ4v) is 3.67. The molecule has 0 unspecified atom stereocenters. The van der Waals surface area contributed by atoms with Crippen molar-refractivity contribution in [2.24, 2.45) is 5.92 Å². The largest absolute Gasteiger partial charge is 0.493 e. The van der Waals surface area contributed by atoms with Gasteiger partial charge in [-0.1, -0.05) is 25.4 Å². The van der Waals surface area contributed by atoms with Crippen molar-refractivity contribution in [3.8, 4) is 5.75 Å². The minimum absolute atomic E-state index is 0.147. The van der Waals surface area contributed by atoms with Crippen molar-refractivity contribution in [1.29, 1.82) is 0 Å². The molecule has 164 valence electrons. The summed E-state index contributed by atoms with van der Waals surface area (Å²) < 4.78 is 34.7. The van der Waals surface area contributed by atoms with E-state index in [-0.39, 0.29) is 10.7 Å². The van der Waals surface area contributed by atoms with E-state index in [1.807, 2.05) is 12.1 Å². The molecule has 1 aromatic heterocycles. The highest BCUT2D eigenvalue weighted by atomic mass is 35.5. The molecule has 6 nitrogen and oxygen atoms in total. The fraction of sp³-hybridized carbons (Fsp3) is 0.261. The van der Waals surface area contributed by atoms with Crippen LogP contribution in [0.2, 0.25) is 5.02 Å². The lowest BCUT2D eigenvalue weighted by Crippen LogP contribution is -2.11. The molecule has 1 N–H and O–H groups in total. The van der Waals surface area contributed by atoms with Crippen LogP contribution in [0.5, 0.6) is 5.75 Å². The molecule has 3 rings (SSSR count). The van der Waals surface area contributed by atoms with Gasteiger partial charge in [0.2, 0.25) is 0 Å². The molecule has 1 heterocycles. The number of anilines is 1. The van der Waals surface area contributed by atoms with E-state index in [1.165, 1.54) is 24.3 Å². The van der Waals surface area contributed by atoms with Crippen molar-refractivity contribution in [1.82, 2.24) is 0 Å². The minimum Gasteiger partial charge on any atom is -0.493 e. The zero-order chi connectivity index (χ0) is 22.6. The summed E-state index contributed by atoms with van der Waals surface area (Å²) in [4.78, 5) is 12.7. The van der Waals surface area contributed by atoms with E-state index in [4.69, 9.17) is 20.8 Å². The monoisotopic (exact) mass is 461 g/mol. The Kier molecular flexibility index (Phi) is 7.08. The first-order chi connectivity index (χ1) is 14.6. The van der Waals surface area contributed by atoms with Gasteiger partial charge in [0.25, 0.3) is 5.91 Å². The Morgan fingerprint density at radius 3 is 2.45 bits per heavy atom. The third-order valence-electron chi connectivity index (χ3n) is 4.39. The molecule has 0 aliphatic heterocycles. The number of ether oxygens (including phenoxy) is 1. The highest BCUT2D eigenvalue weighted by Crippen LogP contribution is 2.27. The number of sulfone groups is 1. The van der Waals surface area contributed by atoms with Crippen LogP contribution in [0.15, 0.2) is 63.9 Å². The maximum absolute atomic E-state index is 12.5. The summed E-state index contributed by atoms with van der Waals surface area (Å²) in [6.07, 6.45) is 1.55. The lowest BCUT2D eigenvalue weighted by atomic mass is 10.1. The molecule has 0 atom stereocenters. The predicted octanol–water partition coefficient (Wildman–Crippen LogP) is 5.21. The first kappa shape index (κ1) is 22.9. The van der Waals surface area contributed by atoms with Crippen LogP contribution in [0, 0.1) is 5.92 Å². The van der Waals surface area contributed by atoms with Crippen LogP contribution >= 0.6 is 11.6 Å². The zero-order valence-corrected chi connectivity index (χ0v) is 19.1. The molecule has 31 heavy (non-hydrogen) atoms. The molecule has 0 spiro atoms. The van der Waals surface area contributed by atoms with Crippen molar-refractivity contribution >= 4 is 33.0 Å². The average molecular weight is 462 g/mol. The first-order valence-corrected chi connectivity index (χ1v) is 12.0. The third kappa shape index (κ3) is 6.35. The van der Waals surface area contributed by atoms with E-state index < -0.39 is 15.7 Å². The highest BCUT2D eigenvalue weighted by Gasteiger charge is 2.15. The molecule has 0 bridgehead atoms. The van der Waals surface area contributed by atoms with Crippen LogP contribution in [-0.2, 0) is 16.3 Å². The van der Waals surface area contributed by atoms with Crippen LogP contribution in [-0.4, -0.2) is 27.2 Å². The summed E-state index contributed by atoms with van der Waals surface area (Å²) in [6, 6.07) is 14.7. The summed E-state index contributed by atoms with van der Waals surface area (Å²) in [5.74, 6) is 1.42. The van der Waals surface area contributed by atoms with Gasteiger partial charge in [-0.05, 0) is 60.5 Å². The second kappa shape index (κ2) is 9.58. The van der Waals surface area contributed by atoms with E-state index in [0.717, 1.165) is 17.6 Å². The Morgan fingerprint density at radius 1 is 1.10 bits per heavy atom. The number of carbonyl (C=O) groups excluding carboxylic acids is 1. The van der Waals surface area contributed by atoms with Gasteiger partial charge in [0.05, 0.1) is 11.5 Å². The van der Waals surface area contributed by atoms with Gasteiger partial charge < -0.3 is 14.5 Å². The van der Waals surface area contributed by atoms with Gasteiger partial charge in [-0.15, -0.1) is 0 Å². The molecule has 2 aromatic carbocycles. The maximum Gasteiger partial charge on any atom is 0.291 e. The molecule has 0 saturated heterocycles. The molecule has 0 radical (unpaired) electrons. The quantitative estimate of drug-likeness (QED) is 0.497. The van der Waals surface area contributed by atoms with Crippen molar-refractivity contribution in [2.75, 3.05) is 18.2 Å². The third-order valence-corrected chi connectivity index (χ3v) is 5.75. The highest BCUT2D eigenvalue weighted by molar-refractivity contribution is 7.90. The second-order valence-corrected chi connectivity index (χ2v) is 10.1. The average Bonchev–Trinajstić information content (AvgIpc) is 3.16. The van der Waals surface area contributed by atoms with Gasteiger partial charge in [-0.25, -0.2) is 8.42 Å². The number of halogens is 1. The van der Waals surface area contributed by atoms with Gasteiger partial charge in [0.15, 0.2) is 15.6 Å². The number of furan rings is 1. The van der Waals surface area contributed by atoms with E-state index in [2.05, 4.69) is 19.2 Å². The topological polar surface area (TPSA) is 85.6 Å². The lowest BCUT2D eigenvalue weighted by Gasteiger charge is -2.13. The van der Waals surface area contributed by atoms with Crippen LogP contribution < -0.4 is 10.1 Å². The van der Waals surface area contributed by atoms with Crippen LogP contribution in [0.4, 0.5) is 5.69 Å². The molecule has 0 saturated carbocycles. The molecule has 8 heteroatoms. The summed E-state index contributed by atoms with van der Waals surface area (Å²) in [7, 11) is -3.29. The van der Waals surface area contributed by atoms with Crippen LogP contribution in [0.1, 0.15) is 35.7 Å². The Morgan fingerprint density at radius 2 is 1.81 bits per heavy atom. The summed E-state index contributed by atoms with van der Waals surface area (Å²) in [5.41, 5.74) is 1.33. The molecule has 3 aromatic rings. The molecule has 0 aliphatic rings. The molecular formula is C23H24ClNO5S. The van der Waals surface area contributed by atoms with Crippen molar-refractivity contribution < 1.29 is 22.4 Å². The molecule has 0 aliphatic carbocycles. The number of hydrogen-bond donors (Lipinski definition) is 1. The standard InChI is InChI=1S/C23H24ClNO5S/c1-15(2)14-29-21-10-4-17(24)12-16(21)13-19-7-11-22(30-19)23(26)25-18-5-8-20(9-6-18)31(3,27)28/h4-12,15H,13-14H2,1-3H3,(H,25,26). The Hall–Kier alpha value is -2.77. The van der Waals surface area contributed by atoms with Gasteiger partial charge >= 0.3 is 0 Å². The number of rotatable bonds is 8. The number of hydrogen-bond acceptors (Lipinski definition) is 5. The number of nitrogens with one attached hydrogen (secondary N) is 1. The Bertz CT molecular complexity index is 1170. The Balaban J connectivity index is 1.70. The maximum atomic E-state index is 12.5. The lowest BCUT2D eigenvalue weighted by molar-refractivity contribution is 0.0995. The van der Waals surface area contributed by atoms with E-state index >= 15 is 0 Å². The summed E-state index contributed by atoms with van der Waals surface area (Å²) >= 11 is 6.14. The second-order valence-electron chi connectivity index (χ2n) is 7.65. The number of carbonyl (C=O) groups is 1. The molecule has 0 fully saturated rings. The van der Waals surface area contributed by atoms with Crippen LogP contribution in [0.25, 0.3) is 0 Å².